The maximum absolute atomic E-state index is 12.3. The van der Waals surface area contributed by atoms with Crippen molar-refractivity contribution in [1.29, 1.82) is 0 Å². The van der Waals surface area contributed by atoms with Crippen molar-refractivity contribution in [2.24, 2.45) is 11.7 Å². The summed E-state index contributed by atoms with van der Waals surface area (Å²) in [6, 6.07) is 10.1. The number of nitrogens with zero attached hydrogens (tertiary/aromatic N) is 1. The molecule has 4 N–H and O–H groups in total. The first-order valence-electron chi connectivity index (χ1n) is 11.9. The maximum Gasteiger partial charge on any atom is 0.250 e. The van der Waals surface area contributed by atoms with E-state index in [0.717, 1.165) is 59.0 Å². The molecular formula is C28H31N3O3. The van der Waals surface area contributed by atoms with Crippen LogP contribution in [0.2, 0.25) is 0 Å². The highest BCUT2D eigenvalue weighted by atomic mass is 16.3. The van der Waals surface area contributed by atoms with Crippen molar-refractivity contribution in [2.75, 3.05) is 6.54 Å². The zero-order valence-electron chi connectivity index (χ0n) is 19.8. The minimum absolute atomic E-state index is 0.0506. The molecule has 0 bridgehead atoms. The summed E-state index contributed by atoms with van der Waals surface area (Å²) < 4.78 is 0. The number of aromatic nitrogens is 1. The van der Waals surface area contributed by atoms with Crippen LogP contribution in [0.5, 0.6) is 0 Å². The van der Waals surface area contributed by atoms with Crippen molar-refractivity contribution >= 4 is 22.7 Å². The van der Waals surface area contributed by atoms with Gasteiger partial charge in [-0.2, -0.15) is 0 Å². The van der Waals surface area contributed by atoms with E-state index in [9.17, 15) is 14.7 Å². The number of benzene rings is 2. The molecule has 34 heavy (non-hydrogen) atoms. The number of nitrogens with two attached hydrogens (primary N) is 1. The second-order valence-corrected chi connectivity index (χ2v) is 10.1. The van der Waals surface area contributed by atoms with Gasteiger partial charge in [0.1, 0.15) is 0 Å². The van der Waals surface area contributed by atoms with Crippen LogP contribution in [0.25, 0.3) is 22.0 Å². The van der Waals surface area contributed by atoms with Crippen LogP contribution in [-0.2, 0) is 30.6 Å². The lowest BCUT2D eigenvalue weighted by atomic mass is 9.77. The third-order valence-corrected chi connectivity index (χ3v) is 7.65. The van der Waals surface area contributed by atoms with Crippen LogP contribution in [0.1, 0.15) is 53.0 Å². The number of carbonyl (C=O) groups excluding carboxylic acids is 2. The van der Waals surface area contributed by atoms with E-state index in [0.29, 0.717) is 18.7 Å². The first kappa shape index (κ1) is 22.4. The summed E-state index contributed by atoms with van der Waals surface area (Å²) in [4.78, 5) is 29.8. The number of aryl methyl sites for hydroxylation is 1. The Labute approximate surface area is 199 Å². The zero-order valence-corrected chi connectivity index (χ0v) is 19.8. The van der Waals surface area contributed by atoms with E-state index in [1.54, 1.807) is 0 Å². The number of aliphatic hydroxyl groups is 1. The molecule has 6 nitrogen and oxygen atoms in total. The van der Waals surface area contributed by atoms with Crippen molar-refractivity contribution in [3.63, 3.8) is 0 Å². The lowest BCUT2D eigenvalue weighted by molar-refractivity contribution is -0.126. The first-order chi connectivity index (χ1) is 16.2. The molecule has 0 radical (unpaired) electrons. The Balaban J connectivity index is 1.67. The fourth-order valence-corrected chi connectivity index (χ4v) is 5.75. The average molecular weight is 458 g/mol. The van der Waals surface area contributed by atoms with Gasteiger partial charge in [-0.3, -0.25) is 9.59 Å². The topological polar surface area (TPSA) is 99.4 Å². The molecule has 6 heteroatoms. The van der Waals surface area contributed by atoms with Crippen molar-refractivity contribution in [3.8, 4) is 11.1 Å². The zero-order chi connectivity index (χ0) is 24.2. The highest BCUT2D eigenvalue weighted by Gasteiger charge is 2.33. The van der Waals surface area contributed by atoms with Gasteiger partial charge < -0.3 is 20.7 Å². The molecule has 0 saturated heterocycles. The molecule has 1 aliphatic carbocycles. The second kappa shape index (κ2) is 8.13. The second-order valence-electron chi connectivity index (χ2n) is 10.1. The standard InChI is InChI=1S/C28H31N3O3/c1-4-24(32)31-13-12-18-16(15-31)6-5-7-19(18)20-10-11-22(27(29)33)26-25(20)21-9-8-17(28(2,3)34)14-23(21)30-26/h4-7,10-11,17,30,34H,1,8-9,12-15H2,2-3H3,(H2,29,33). The third-order valence-electron chi connectivity index (χ3n) is 7.65. The van der Waals surface area contributed by atoms with Gasteiger partial charge in [0.2, 0.25) is 5.91 Å². The number of nitrogens with one attached hydrogen (secondary N) is 1. The molecule has 0 spiro atoms. The number of carbonyl (C=O) groups is 2. The quantitative estimate of drug-likeness (QED) is 0.519. The van der Waals surface area contributed by atoms with Crippen LogP contribution in [0, 0.1) is 5.92 Å². The number of H-pyrrole nitrogens is 1. The van der Waals surface area contributed by atoms with Gasteiger partial charge in [-0.05, 0) is 85.4 Å². The van der Waals surface area contributed by atoms with Gasteiger partial charge in [0.15, 0.2) is 0 Å². The Morgan fingerprint density at radius 1 is 1.18 bits per heavy atom. The molecule has 3 aromatic rings. The van der Waals surface area contributed by atoms with Crippen molar-refractivity contribution in [2.45, 2.75) is 51.7 Å². The largest absolute Gasteiger partial charge is 0.390 e. The molecule has 5 rings (SSSR count). The van der Waals surface area contributed by atoms with E-state index in [1.807, 2.05) is 36.9 Å². The SMILES string of the molecule is C=CC(=O)N1CCc2c(cccc2-c2ccc(C(N)=O)c3[nH]c4c(c23)CCC(C(C)(C)O)C4)C1. The molecule has 2 amide bonds. The molecule has 2 heterocycles. The summed E-state index contributed by atoms with van der Waals surface area (Å²) in [7, 11) is 0. The fraction of sp³-hybridized carbons (Fsp3) is 0.357. The van der Waals surface area contributed by atoms with E-state index in [1.165, 1.54) is 17.2 Å². The van der Waals surface area contributed by atoms with Gasteiger partial charge in [0, 0.05) is 24.2 Å². The molecule has 1 atom stereocenters. The van der Waals surface area contributed by atoms with E-state index < -0.39 is 11.5 Å². The smallest absolute Gasteiger partial charge is 0.250 e. The van der Waals surface area contributed by atoms with Crippen molar-refractivity contribution in [3.05, 3.63) is 70.9 Å². The first-order valence-corrected chi connectivity index (χ1v) is 11.9. The number of primary amides is 1. The van der Waals surface area contributed by atoms with E-state index in [-0.39, 0.29) is 11.8 Å². The van der Waals surface area contributed by atoms with Crippen LogP contribution in [-0.4, -0.2) is 39.0 Å². The maximum atomic E-state index is 12.3. The summed E-state index contributed by atoms with van der Waals surface area (Å²) in [5, 5.41) is 11.7. The molecular weight excluding hydrogens is 426 g/mol. The number of hydrogen-bond donors (Lipinski definition) is 3. The minimum atomic E-state index is -0.766. The van der Waals surface area contributed by atoms with Gasteiger partial charge in [0.05, 0.1) is 16.7 Å². The summed E-state index contributed by atoms with van der Waals surface area (Å²) >= 11 is 0. The predicted molar refractivity (Wildman–Crippen MR) is 133 cm³/mol. The molecule has 1 aliphatic heterocycles. The number of fused-ring (bicyclic) bond motifs is 4. The Morgan fingerprint density at radius 2 is 1.97 bits per heavy atom. The highest BCUT2D eigenvalue weighted by Crippen LogP contribution is 2.42. The van der Waals surface area contributed by atoms with Gasteiger partial charge in [-0.25, -0.2) is 0 Å². The molecule has 0 saturated carbocycles. The monoisotopic (exact) mass is 457 g/mol. The van der Waals surface area contributed by atoms with Gasteiger partial charge in [-0.1, -0.05) is 30.8 Å². The molecule has 0 fully saturated rings. The number of amides is 2. The van der Waals surface area contributed by atoms with Crippen molar-refractivity contribution < 1.29 is 14.7 Å². The summed E-state index contributed by atoms with van der Waals surface area (Å²) in [5.74, 6) is -0.361. The third kappa shape index (κ3) is 3.62. The summed E-state index contributed by atoms with van der Waals surface area (Å²) in [6.45, 7) is 8.56. The predicted octanol–water partition coefficient (Wildman–Crippen LogP) is 3.88. The number of hydrogen-bond acceptors (Lipinski definition) is 3. The van der Waals surface area contributed by atoms with E-state index in [4.69, 9.17) is 5.73 Å². The minimum Gasteiger partial charge on any atom is -0.390 e. The number of aromatic amines is 1. The lowest BCUT2D eigenvalue weighted by Crippen LogP contribution is -2.35. The summed E-state index contributed by atoms with van der Waals surface area (Å²) in [5.41, 5.74) is 13.1. The molecule has 176 valence electrons. The number of rotatable bonds is 4. The molecule has 2 aromatic carbocycles. The normalized spacial score (nSPS) is 17.9. The van der Waals surface area contributed by atoms with Crippen LogP contribution >= 0.6 is 0 Å². The fourth-order valence-electron chi connectivity index (χ4n) is 5.75. The van der Waals surface area contributed by atoms with Crippen LogP contribution in [0.4, 0.5) is 0 Å². The van der Waals surface area contributed by atoms with Crippen LogP contribution < -0.4 is 5.73 Å². The average Bonchev–Trinajstić information content (AvgIpc) is 3.20. The lowest BCUT2D eigenvalue weighted by Gasteiger charge is -2.32. The van der Waals surface area contributed by atoms with Gasteiger partial charge >= 0.3 is 0 Å². The Morgan fingerprint density at radius 3 is 2.68 bits per heavy atom. The van der Waals surface area contributed by atoms with E-state index >= 15 is 0 Å². The summed E-state index contributed by atoms with van der Waals surface area (Å²) in [6.07, 6.45) is 4.58. The molecule has 2 aliphatic rings. The van der Waals surface area contributed by atoms with Crippen molar-refractivity contribution in [1.82, 2.24) is 9.88 Å². The van der Waals surface area contributed by atoms with Gasteiger partial charge in [-0.15, -0.1) is 0 Å². The highest BCUT2D eigenvalue weighted by molar-refractivity contribution is 6.11. The van der Waals surface area contributed by atoms with Crippen LogP contribution in [0.15, 0.2) is 43.0 Å². The Bertz CT molecular complexity index is 1330. The van der Waals surface area contributed by atoms with Crippen LogP contribution in [0.3, 0.4) is 0 Å². The Kier molecular flexibility index (Phi) is 5.36. The van der Waals surface area contributed by atoms with Gasteiger partial charge in [0.25, 0.3) is 5.91 Å². The Hall–Kier alpha value is -3.38. The molecule has 1 aromatic heterocycles. The van der Waals surface area contributed by atoms with E-state index in [2.05, 4.69) is 23.7 Å². The molecule has 1 unspecified atom stereocenters.